The van der Waals surface area contributed by atoms with Crippen LogP contribution in [0.2, 0.25) is 0 Å². The quantitative estimate of drug-likeness (QED) is 0.299. The Kier molecular flexibility index (Phi) is 11.1. The third-order valence-electron chi connectivity index (χ3n) is 46.5. The van der Waals surface area contributed by atoms with Gasteiger partial charge in [0.1, 0.15) is 0 Å². The highest BCUT2D eigenvalue weighted by Crippen LogP contribution is 2.94. The minimum atomic E-state index is -0.317. The van der Waals surface area contributed by atoms with Crippen molar-refractivity contribution >= 4 is 5.97 Å². The van der Waals surface area contributed by atoms with E-state index in [2.05, 4.69) is 111 Å². The second-order valence-electron chi connectivity index (χ2n) is 45.1. The highest BCUT2D eigenvalue weighted by Gasteiger charge is 2.90. The lowest BCUT2D eigenvalue weighted by atomic mass is 9.14. The lowest BCUT2D eigenvalue weighted by Gasteiger charge is -2.90. The molecule has 63 atom stereocenters. The van der Waals surface area contributed by atoms with Gasteiger partial charge >= 0.3 is 5.97 Å². The minimum Gasteiger partial charge on any atom is -0.481 e. The van der Waals surface area contributed by atoms with Gasteiger partial charge in [-0.2, -0.15) is 0 Å². The summed E-state index contributed by atoms with van der Waals surface area (Å²) in [6.07, 6.45) is 14.8. The largest absolute Gasteiger partial charge is 0.481 e. The highest BCUT2D eigenvalue weighted by atomic mass is 16.4. The highest BCUT2D eigenvalue weighted by molar-refractivity contribution is 5.71. The Morgan fingerprint density at radius 3 is 1.02 bits per heavy atom. The molecule has 0 aromatic carbocycles. The van der Waals surface area contributed by atoms with E-state index in [0.29, 0.717) is 23.7 Å². The van der Waals surface area contributed by atoms with Gasteiger partial charge in [0.05, 0.1) is 5.92 Å². The van der Waals surface area contributed by atoms with Crippen molar-refractivity contribution in [1.29, 1.82) is 0 Å². The average Bonchev–Trinajstić information content (AvgIpc) is 0.619. The molecule has 24 saturated carbocycles. The van der Waals surface area contributed by atoms with E-state index >= 15 is 0 Å². The number of hydrogen-bond acceptors (Lipinski definition) is 1. The van der Waals surface area contributed by atoms with Crippen LogP contribution in [0.15, 0.2) is 0 Å². The summed E-state index contributed by atoms with van der Waals surface area (Å²) < 4.78 is 0. The molecule has 504 valence electrons. The molecule has 24 aliphatic carbocycles. The molecule has 0 aromatic heterocycles. The van der Waals surface area contributed by atoms with Crippen molar-refractivity contribution in [3.8, 4) is 0 Å². The molecule has 63 unspecified atom stereocenters. The van der Waals surface area contributed by atoms with Crippen molar-refractivity contribution in [3.63, 3.8) is 0 Å². The maximum atomic E-state index is 14.9. The lowest BCUT2D eigenvalue weighted by Crippen LogP contribution is -2.87. The molecular formula is C90H132O2. The van der Waals surface area contributed by atoms with Crippen molar-refractivity contribution in [2.75, 3.05) is 0 Å². The number of aliphatic carboxylic acids is 1. The van der Waals surface area contributed by atoms with Gasteiger partial charge in [-0.3, -0.25) is 4.79 Å². The number of carboxylic acid groups (broad SMARTS) is 1. The summed E-state index contributed by atoms with van der Waals surface area (Å²) in [6, 6.07) is 0. The molecule has 92 heavy (non-hydrogen) atoms. The van der Waals surface area contributed by atoms with Gasteiger partial charge in [-0.1, -0.05) is 117 Å². The maximum Gasteiger partial charge on any atom is 0.306 e. The van der Waals surface area contributed by atoms with Crippen LogP contribution in [-0.4, -0.2) is 11.1 Å². The summed E-state index contributed by atoms with van der Waals surface area (Å²) in [6.45, 7) is 47.0. The van der Waals surface area contributed by atoms with Gasteiger partial charge in [-0.15, -0.1) is 0 Å². The monoisotopic (exact) mass is 1250 g/mol. The van der Waals surface area contributed by atoms with Crippen LogP contribution in [-0.2, 0) is 4.79 Å². The topological polar surface area (TPSA) is 37.3 Å². The van der Waals surface area contributed by atoms with Gasteiger partial charge in [0.2, 0.25) is 0 Å². The molecule has 24 aliphatic rings. The van der Waals surface area contributed by atoms with E-state index in [0.717, 1.165) is 350 Å². The lowest BCUT2D eigenvalue weighted by molar-refractivity contribution is -0.436. The molecule has 0 saturated heterocycles. The first kappa shape index (κ1) is 57.1. The summed E-state index contributed by atoms with van der Waals surface area (Å²) in [5, 5.41) is 12.3. The molecule has 0 amide bonds. The molecule has 1 N–H and O–H groups in total. The van der Waals surface area contributed by atoms with Crippen molar-refractivity contribution in [3.05, 3.63) is 0 Å². The smallest absolute Gasteiger partial charge is 0.306 e. The predicted octanol–water partition coefficient (Wildman–Crippen LogP) is 19.4. The van der Waals surface area contributed by atoms with E-state index in [1.165, 1.54) is 38.5 Å². The molecule has 0 bridgehead atoms. The maximum absolute atomic E-state index is 14.9. The SMILES string of the molecule is CCC1CC2CC(C)C(C)C3C2C2C1C1C4CC(C)C(C)C(C)C4C4C(C)C(C)C5C6C(C)C(C)C7C8C(C)C(C)CC9CCC%10C(C98)C8C7C6C6C7C5C4C1C1C2C2C3C(C)C(C)C3C4C(C)C5CCC9C(C)CC(C(=O)O)C%11C9C5C5C4C(C(C32)C71)C6C8C5C%10%11. The van der Waals surface area contributed by atoms with E-state index in [9.17, 15) is 9.90 Å². The molecular weight excluding hydrogens is 1110 g/mol. The van der Waals surface area contributed by atoms with E-state index in [1.807, 2.05) is 0 Å². The summed E-state index contributed by atoms with van der Waals surface area (Å²) in [4.78, 5) is 14.9. The van der Waals surface area contributed by atoms with Crippen LogP contribution >= 0.6 is 0 Å². The van der Waals surface area contributed by atoms with Crippen molar-refractivity contribution < 1.29 is 9.90 Å². The Morgan fingerprint density at radius 2 is 0.554 bits per heavy atom. The van der Waals surface area contributed by atoms with Gasteiger partial charge in [0.15, 0.2) is 0 Å². The number of hydrogen-bond donors (Lipinski definition) is 1. The first-order valence-electron chi connectivity index (χ1n) is 43.5. The zero-order chi connectivity index (χ0) is 62.0. The second kappa shape index (κ2) is 17.8. The van der Waals surface area contributed by atoms with Crippen LogP contribution in [0.25, 0.3) is 0 Å². The van der Waals surface area contributed by atoms with Crippen molar-refractivity contribution in [2.45, 2.75) is 175 Å². The number of carbonyl (C=O) groups is 1. The molecule has 24 fully saturated rings. The third kappa shape index (κ3) is 5.67. The molecule has 0 heterocycles. The molecule has 2 nitrogen and oxygen atoms in total. The van der Waals surface area contributed by atoms with E-state index in [1.54, 1.807) is 19.3 Å². The molecule has 0 radical (unpaired) electrons. The predicted molar refractivity (Wildman–Crippen MR) is 364 cm³/mol. The molecule has 0 aliphatic heterocycles. The number of fused-ring (bicyclic) bond motifs is 10. The third-order valence-corrected chi connectivity index (χ3v) is 46.5. The number of carboxylic acids is 1. The second-order valence-corrected chi connectivity index (χ2v) is 45.1. The van der Waals surface area contributed by atoms with Crippen LogP contribution in [0.1, 0.15) is 175 Å². The van der Waals surface area contributed by atoms with Gasteiger partial charge in [0, 0.05) is 0 Å². The zero-order valence-electron chi connectivity index (χ0n) is 60.8. The Balaban J connectivity index is 0.826. The van der Waals surface area contributed by atoms with Crippen LogP contribution < -0.4 is 0 Å². The van der Waals surface area contributed by atoms with Crippen LogP contribution in [0.4, 0.5) is 0 Å². The average molecular weight is 1250 g/mol. The van der Waals surface area contributed by atoms with Crippen LogP contribution in [0, 0.1) is 373 Å². The summed E-state index contributed by atoms with van der Waals surface area (Å²) >= 11 is 0. The molecule has 2 heteroatoms. The summed E-state index contributed by atoms with van der Waals surface area (Å²) in [5.41, 5.74) is 0. The first-order chi connectivity index (χ1) is 44.3. The van der Waals surface area contributed by atoms with E-state index in [4.69, 9.17) is 0 Å². The van der Waals surface area contributed by atoms with Crippen LogP contribution in [0.5, 0.6) is 0 Å². The van der Waals surface area contributed by atoms with Gasteiger partial charge in [-0.25, -0.2) is 0 Å². The van der Waals surface area contributed by atoms with E-state index < -0.39 is 0 Å². The first-order valence-corrected chi connectivity index (χ1v) is 43.5. The van der Waals surface area contributed by atoms with Gasteiger partial charge < -0.3 is 5.11 Å². The fourth-order valence-corrected chi connectivity index (χ4v) is 46.0. The zero-order valence-corrected chi connectivity index (χ0v) is 60.8. The molecule has 0 aromatic rings. The molecule has 24 rings (SSSR count). The Hall–Kier alpha value is -0.530. The Bertz CT molecular complexity index is 3150. The van der Waals surface area contributed by atoms with Crippen LogP contribution in [0.3, 0.4) is 0 Å². The van der Waals surface area contributed by atoms with E-state index in [-0.39, 0.29) is 11.9 Å². The molecule has 0 spiro atoms. The summed E-state index contributed by atoms with van der Waals surface area (Å²) in [7, 11) is 0. The minimum absolute atomic E-state index is 0.0891. The number of rotatable bonds is 2. The standard InChI is InChI=1S/C90H132O2/c1-17-42-26-44-23-28(3)33(8)52-55-38(13)40(15)58-59-41(16)46-21-20-45-30(5)25-49(90(91)92)68-63(45)64(46)77-75(59)85-84-74(58)71(55)81-76(62(44)52)60(42)67-48-24-29(4)31(6)34(9)50(48)53-35(10)36(11)56-57-39(14)37(12)54-51-32(7)27(2)22-43-18-19-47-65(61(43)51)78-70(54)73(57)83(88(85)86(78)79(77)66(47)68)82-72(56)69(53)80(67)87(81)89(82)84/h27-89H,17-26H2,1-16H3,(H,91,92). The normalized spacial score (nSPS) is 77.2. The summed E-state index contributed by atoms with van der Waals surface area (Å²) in [5.74, 6) is 56.6. The fraction of sp³-hybridized carbons (Fsp3) is 0.989. The van der Waals surface area contributed by atoms with Crippen molar-refractivity contribution in [1.82, 2.24) is 0 Å². The Labute approximate surface area is 560 Å². The Morgan fingerprint density at radius 1 is 0.239 bits per heavy atom. The van der Waals surface area contributed by atoms with Gasteiger partial charge in [-0.05, 0) is 425 Å². The van der Waals surface area contributed by atoms with Crippen molar-refractivity contribution in [2.24, 2.45) is 373 Å². The fourth-order valence-electron chi connectivity index (χ4n) is 46.0. The van der Waals surface area contributed by atoms with Gasteiger partial charge in [0.25, 0.3) is 0 Å².